The van der Waals surface area contributed by atoms with Crippen LogP contribution in [0.4, 0.5) is 28.4 Å². The summed E-state index contributed by atoms with van der Waals surface area (Å²) in [6.07, 6.45) is 0.781. The zero-order chi connectivity index (χ0) is 43.6. The van der Waals surface area contributed by atoms with Crippen LogP contribution in [0.25, 0.3) is 66.8 Å². The van der Waals surface area contributed by atoms with E-state index in [0.29, 0.717) is 6.61 Å². The molecule has 4 heteroatoms. The van der Waals surface area contributed by atoms with Gasteiger partial charge in [0.2, 0.25) is 0 Å². The van der Waals surface area contributed by atoms with Crippen molar-refractivity contribution in [2.45, 2.75) is 6.42 Å². The summed E-state index contributed by atoms with van der Waals surface area (Å²) in [4.78, 5) is 5.18. The predicted molar refractivity (Wildman–Crippen MR) is 277 cm³/mol. The maximum atomic E-state index is 6.64. The summed E-state index contributed by atoms with van der Waals surface area (Å²) in [6.45, 7) is 0.448. The highest BCUT2D eigenvalue weighted by Crippen LogP contribution is 2.52. The number of anilines is 5. The molecule has 3 nitrogen and oxygen atoms in total. The average Bonchev–Trinajstić information content (AvgIpc) is 3.58. The number of ether oxygens (including phenoxy) is 1. The van der Waals surface area contributed by atoms with Crippen molar-refractivity contribution >= 4 is 46.2 Å². The number of benzene rings is 10. The Morgan fingerprint density at radius 1 is 0.364 bits per heavy atom. The molecule has 66 heavy (non-hydrogen) atoms. The Labute approximate surface area is 386 Å². The van der Waals surface area contributed by atoms with Gasteiger partial charge in [-0.3, -0.25) is 0 Å². The first kappa shape index (κ1) is 38.2. The molecule has 0 bridgehead atoms. The van der Waals surface area contributed by atoms with Crippen LogP contribution in [0.5, 0.6) is 5.75 Å². The van der Waals surface area contributed by atoms with Gasteiger partial charge in [0.15, 0.2) is 0 Å². The average molecular weight is 843 g/mol. The molecule has 0 unspecified atom stereocenters. The molecule has 0 aromatic heterocycles. The zero-order valence-corrected chi connectivity index (χ0v) is 36.3. The normalized spacial score (nSPS) is 13.1. The predicted octanol–water partition coefficient (Wildman–Crippen LogP) is 14.7. The Morgan fingerprint density at radius 2 is 0.909 bits per heavy atom. The second-order valence-electron chi connectivity index (χ2n) is 17.5. The fraction of sp³-hybridized carbons (Fsp3) is 0.0323. The van der Waals surface area contributed by atoms with E-state index < -0.39 is 0 Å². The third-order valence-electron chi connectivity index (χ3n) is 13.8. The number of rotatable bonds is 6. The molecule has 13 rings (SSSR count). The maximum absolute atomic E-state index is 6.64. The highest BCUT2D eigenvalue weighted by Gasteiger charge is 2.47. The van der Waals surface area contributed by atoms with Crippen molar-refractivity contribution < 1.29 is 4.74 Å². The van der Waals surface area contributed by atoms with E-state index in [1.54, 1.807) is 0 Å². The molecule has 0 N–H and O–H groups in total. The van der Waals surface area contributed by atoms with Gasteiger partial charge in [-0.2, -0.15) is 0 Å². The van der Waals surface area contributed by atoms with Gasteiger partial charge in [-0.1, -0.05) is 182 Å². The van der Waals surface area contributed by atoms with Crippen LogP contribution in [0.3, 0.4) is 0 Å². The molecular formula is C62H43BN2O. The lowest BCUT2D eigenvalue weighted by Gasteiger charge is -2.47. The molecule has 3 aliphatic rings. The van der Waals surface area contributed by atoms with Gasteiger partial charge >= 0.3 is 6.85 Å². The molecule has 0 saturated carbocycles. The molecule has 10 aromatic carbocycles. The highest BCUT2D eigenvalue weighted by atomic mass is 16.5. The second-order valence-corrected chi connectivity index (χ2v) is 17.5. The number of para-hydroxylation sites is 1. The fourth-order valence-corrected chi connectivity index (χ4v) is 10.8. The molecule has 0 fully saturated rings. The van der Waals surface area contributed by atoms with Crippen LogP contribution in [0.1, 0.15) is 5.56 Å². The number of hydrogen-bond acceptors (Lipinski definition) is 3. The third-order valence-corrected chi connectivity index (χ3v) is 13.8. The van der Waals surface area contributed by atoms with Gasteiger partial charge in [-0.05, 0) is 127 Å². The van der Waals surface area contributed by atoms with Crippen molar-refractivity contribution in [3.63, 3.8) is 0 Å². The Bertz CT molecular complexity index is 3450. The van der Waals surface area contributed by atoms with E-state index in [1.807, 2.05) is 0 Å². The van der Waals surface area contributed by atoms with Gasteiger partial charge in [0.1, 0.15) is 5.75 Å². The largest absolute Gasteiger partial charge is 0.493 e. The minimum atomic E-state index is -0.147. The van der Waals surface area contributed by atoms with Crippen LogP contribution < -0.4 is 25.4 Å². The van der Waals surface area contributed by atoms with E-state index in [9.17, 15) is 0 Å². The zero-order valence-electron chi connectivity index (χ0n) is 36.3. The number of hydrogen-bond donors (Lipinski definition) is 0. The molecule has 10 aromatic rings. The summed E-state index contributed by atoms with van der Waals surface area (Å²) < 4.78 is 6.64. The molecular weight excluding hydrogens is 800 g/mol. The van der Waals surface area contributed by atoms with Crippen molar-refractivity contribution in [2.24, 2.45) is 0 Å². The SMILES string of the molecule is c1ccc(-c2ccc(N3B4c5ccc(-c6ccccc6)cc5N(c5cccc(-c6ccccc6)c5)c5cc6c(c(c54)-c4cc(-c5ccccc5)ccc43)CCOc3ccccc3-6)cc2)cc1. The first-order chi connectivity index (χ1) is 32.7. The van der Waals surface area contributed by atoms with Gasteiger partial charge in [0.05, 0.1) is 6.61 Å². The lowest BCUT2D eigenvalue weighted by Crippen LogP contribution is -2.61. The van der Waals surface area contributed by atoms with Gasteiger partial charge in [0.25, 0.3) is 0 Å². The van der Waals surface area contributed by atoms with E-state index in [4.69, 9.17) is 4.74 Å². The van der Waals surface area contributed by atoms with Gasteiger partial charge in [-0.25, -0.2) is 0 Å². The van der Waals surface area contributed by atoms with E-state index in [-0.39, 0.29) is 6.85 Å². The molecule has 0 radical (unpaired) electrons. The van der Waals surface area contributed by atoms with Crippen LogP contribution >= 0.6 is 0 Å². The Morgan fingerprint density at radius 3 is 1.59 bits per heavy atom. The molecule has 0 spiro atoms. The second kappa shape index (κ2) is 15.7. The topological polar surface area (TPSA) is 15.7 Å². The number of fused-ring (bicyclic) bond motifs is 8. The molecule has 3 heterocycles. The summed E-state index contributed by atoms with van der Waals surface area (Å²) in [5, 5.41) is 0. The lowest BCUT2D eigenvalue weighted by atomic mass is 9.43. The standard InChI is InChI=1S/C62H43BN2O/c1-5-16-42(17-6-1)46-28-32-50(33-29-46)65-57-35-31-48(44-20-9-3-10-21-44)39-55(57)61-53-36-37-66-60-27-14-13-26-52(60)54(53)41-59-62(61)63(65)56-34-30-49(45-22-11-4-12-23-45)40-58(56)64(59)51-25-15-24-47(38-51)43-18-7-2-8-19-43/h1-35,38-41H,36-37H2. The molecule has 0 aliphatic carbocycles. The molecule has 0 atom stereocenters. The third kappa shape index (κ3) is 6.29. The van der Waals surface area contributed by atoms with Gasteiger partial charge in [-0.15, -0.1) is 0 Å². The molecule has 0 saturated heterocycles. The van der Waals surface area contributed by atoms with Crippen molar-refractivity contribution in [3.05, 3.63) is 242 Å². The first-order valence-electron chi connectivity index (χ1n) is 23.0. The summed E-state index contributed by atoms with van der Waals surface area (Å²) in [5.41, 5.74) is 24.1. The van der Waals surface area contributed by atoms with Crippen molar-refractivity contribution in [1.82, 2.24) is 0 Å². The van der Waals surface area contributed by atoms with E-state index >= 15 is 0 Å². The van der Waals surface area contributed by atoms with Crippen molar-refractivity contribution in [3.8, 4) is 72.5 Å². The summed E-state index contributed by atoms with van der Waals surface area (Å²) >= 11 is 0. The summed E-state index contributed by atoms with van der Waals surface area (Å²) in [6, 6.07) is 86.8. The van der Waals surface area contributed by atoms with Crippen LogP contribution in [0.15, 0.2) is 237 Å². The van der Waals surface area contributed by atoms with Crippen LogP contribution in [0, 0.1) is 0 Å². The molecule has 3 aliphatic heterocycles. The van der Waals surface area contributed by atoms with E-state index in [1.165, 1.54) is 94.7 Å². The van der Waals surface area contributed by atoms with Crippen molar-refractivity contribution in [1.29, 1.82) is 0 Å². The Hall–Kier alpha value is -8.34. The summed E-state index contributed by atoms with van der Waals surface area (Å²) in [7, 11) is 0. The maximum Gasteiger partial charge on any atom is 0.333 e. The minimum Gasteiger partial charge on any atom is -0.493 e. The monoisotopic (exact) mass is 842 g/mol. The first-order valence-corrected chi connectivity index (χ1v) is 23.0. The van der Waals surface area contributed by atoms with Crippen LogP contribution in [-0.2, 0) is 6.42 Å². The van der Waals surface area contributed by atoms with E-state index in [2.05, 4.69) is 246 Å². The highest BCUT2D eigenvalue weighted by molar-refractivity contribution is 6.93. The van der Waals surface area contributed by atoms with Crippen molar-refractivity contribution in [2.75, 3.05) is 16.3 Å². The van der Waals surface area contributed by atoms with E-state index in [0.717, 1.165) is 29.1 Å². The fourth-order valence-electron chi connectivity index (χ4n) is 10.8. The smallest absolute Gasteiger partial charge is 0.333 e. The van der Waals surface area contributed by atoms with Crippen LogP contribution in [0.2, 0.25) is 0 Å². The Balaban J connectivity index is 1.15. The minimum absolute atomic E-state index is 0.147. The quantitative estimate of drug-likeness (QED) is 0.155. The molecule has 0 amide bonds. The van der Waals surface area contributed by atoms with Crippen LogP contribution in [-0.4, -0.2) is 13.5 Å². The Kier molecular flexibility index (Phi) is 9.09. The van der Waals surface area contributed by atoms with Gasteiger partial charge < -0.3 is 14.4 Å². The molecule has 310 valence electrons. The lowest BCUT2D eigenvalue weighted by molar-refractivity contribution is 0.326. The van der Waals surface area contributed by atoms with Gasteiger partial charge in [0, 0.05) is 46.0 Å². The summed E-state index contributed by atoms with van der Waals surface area (Å²) in [5.74, 6) is 0.925. The number of nitrogens with zero attached hydrogens (tertiary/aromatic N) is 2.